The molecule has 5 nitrogen and oxygen atoms in total. The van der Waals surface area contributed by atoms with Crippen LogP contribution in [0.3, 0.4) is 0 Å². The number of ether oxygens (including phenoxy) is 1. The Morgan fingerprint density at radius 2 is 1.81 bits per heavy atom. The van der Waals surface area contributed by atoms with Crippen molar-refractivity contribution in [2.75, 3.05) is 11.4 Å². The topological polar surface area (TPSA) is 58.6 Å². The first kappa shape index (κ1) is 21.4. The minimum absolute atomic E-state index is 0.102. The third-order valence-electron chi connectivity index (χ3n) is 5.26. The number of para-hydroxylation sites is 2. The van der Waals surface area contributed by atoms with Gasteiger partial charge in [-0.05, 0) is 54.8 Å². The lowest BCUT2D eigenvalue weighted by atomic mass is 10.1. The summed E-state index contributed by atoms with van der Waals surface area (Å²) in [6.45, 7) is 5.14. The van der Waals surface area contributed by atoms with Gasteiger partial charge in [-0.2, -0.15) is 0 Å². The second-order valence-electron chi connectivity index (χ2n) is 7.84. The van der Waals surface area contributed by atoms with E-state index < -0.39 is 0 Å². The van der Waals surface area contributed by atoms with Crippen LogP contribution in [0.2, 0.25) is 0 Å². The lowest BCUT2D eigenvalue weighted by Crippen LogP contribution is -2.36. The molecular formula is C27H26N2O3. The van der Waals surface area contributed by atoms with Gasteiger partial charge in [-0.3, -0.25) is 14.5 Å². The lowest BCUT2D eigenvalue weighted by molar-refractivity contribution is -0.117. The molecule has 0 spiro atoms. The predicted molar refractivity (Wildman–Crippen MR) is 126 cm³/mol. The van der Waals surface area contributed by atoms with Crippen LogP contribution in [-0.2, 0) is 11.3 Å². The van der Waals surface area contributed by atoms with Gasteiger partial charge in [0, 0.05) is 12.1 Å². The minimum Gasteiger partial charge on any atom is -0.449 e. The normalized spacial score (nSPS) is 14.1. The fourth-order valence-corrected chi connectivity index (χ4v) is 3.63. The zero-order valence-corrected chi connectivity index (χ0v) is 18.3. The molecule has 1 aliphatic heterocycles. The summed E-state index contributed by atoms with van der Waals surface area (Å²) in [6.07, 6.45) is 2.60. The Labute approximate surface area is 188 Å². The van der Waals surface area contributed by atoms with Gasteiger partial charge in [0.1, 0.15) is 0 Å². The maximum Gasteiger partial charge on any atom is 0.294 e. The number of carbonyl (C=O) groups excluding carboxylic acids is 2. The van der Waals surface area contributed by atoms with Crippen LogP contribution in [0.5, 0.6) is 5.75 Å². The van der Waals surface area contributed by atoms with E-state index in [1.54, 1.807) is 23.1 Å². The maximum atomic E-state index is 13.3. The highest BCUT2D eigenvalue weighted by atomic mass is 16.5. The summed E-state index contributed by atoms with van der Waals surface area (Å²) in [6, 6.07) is 22.8. The van der Waals surface area contributed by atoms with Crippen molar-refractivity contribution in [1.29, 1.82) is 0 Å². The van der Waals surface area contributed by atoms with Crippen LogP contribution in [0.15, 0.2) is 78.6 Å². The first-order valence-electron chi connectivity index (χ1n) is 10.8. The summed E-state index contributed by atoms with van der Waals surface area (Å²) in [7, 11) is 0. The van der Waals surface area contributed by atoms with Crippen LogP contribution in [0.4, 0.5) is 5.69 Å². The smallest absolute Gasteiger partial charge is 0.294 e. The Kier molecular flexibility index (Phi) is 6.36. The average molecular weight is 427 g/mol. The van der Waals surface area contributed by atoms with Gasteiger partial charge in [-0.1, -0.05) is 61.0 Å². The molecule has 162 valence electrons. The number of nitrogens with zero attached hydrogens (tertiary/aromatic N) is 1. The van der Waals surface area contributed by atoms with Crippen molar-refractivity contribution in [3.05, 3.63) is 101 Å². The number of hydrogen-bond acceptors (Lipinski definition) is 3. The molecule has 0 aromatic heterocycles. The van der Waals surface area contributed by atoms with Gasteiger partial charge in [0.25, 0.3) is 11.8 Å². The Morgan fingerprint density at radius 3 is 2.56 bits per heavy atom. The van der Waals surface area contributed by atoms with Crippen molar-refractivity contribution >= 4 is 23.6 Å². The molecule has 0 saturated carbocycles. The molecule has 1 N–H and O–H groups in total. The second kappa shape index (κ2) is 9.52. The van der Waals surface area contributed by atoms with E-state index in [4.69, 9.17) is 4.74 Å². The molecule has 0 saturated heterocycles. The number of carbonyl (C=O) groups is 2. The van der Waals surface area contributed by atoms with E-state index in [0.717, 1.165) is 28.8 Å². The molecule has 0 fully saturated rings. The molecule has 0 aliphatic carbocycles. The monoisotopic (exact) mass is 426 g/mol. The number of rotatable bonds is 6. The number of anilines is 1. The van der Waals surface area contributed by atoms with Crippen molar-refractivity contribution in [1.82, 2.24) is 5.32 Å². The highest BCUT2D eigenvalue weighted by Gasteiger charge is 2.30. The van der Waals surface area contributed by atoms with Crippen LogP contribution in [0.1, 0.15) is 40.4 Å². The number of amides is 2. The van der Waals surface area contributed by atoms with Crippen LogP contribution in [0, 0.1) is 6.92 Å². The molecule has 2 amide bonds. The van der Waals surface area contributed by atoms with Gasteiger partial charge in [0.2, 0.25) is 0 Å². The maximum absolute atomic E-state index is 13.3. The summed E-state index contributed by atoms with van der Waals surface area (Å²) in [5, 5.41) is 2.86. The summed E-state index contributed by atoms with van der Waals surface area (Å²) in [5.74, 6) is 0.588. The van der Waals surface area contributed by atoms with E-state index in [1.165, 1.54) is 0 Å². The lowest BCUT2D eigenvalue weighted by Gasteiger charge is -2.30. The molecule has 0 atom stereocenters. The zero-order valence-electron chi connectivity index (χ0n) is 18.3. The van der Waals surface area contributed by atoms with Crippen LogP contribution in [0.25, 0.3) is 6.08 Å². The molecule has 32 heavy (non-hydrogen) atoms. The molecule has 3 aromatic carbocycles. The third kappa shape index (κ3) is 4.72. The van der Waals surface area contributed by atoms with E-state index >= 15 is 0 Å². The summed E-state index contributed by atoms with van der Waals surface area (Å²) in [4.78, 5) is 27.2. The van der Waals surface area contributed by atoms with Crippen LogP contribution >= 0.6 is 0 Å². The Bertz CT molecular complexity index is 1170. The van der Waals surface area contributed by atoms with E-state index in [1.807, 2.05) is 68.4 Å². The van der Waals surface area contributed by atoms with Crippen molar-refractivity contribution in [3.8, 4) is 5.75 Å². The molecule has 5 heteroatoms. The van der Waals surface area contributed by atoms with Gasteiger partial charge in [0.05, 0.1) is 12.2 Å². The van der Waals surface area contributed by atoms with Crippen molar-refractivity contribution in [2.24, 2.45) is 0 Å². The molecule has 0 bridgehead atoms. The predicted octanol–water partition coefficient (Wildman–Crippen LogP) is 5.10. The summed E-state index contributed by atoms with van der Waals surface area (Å²) < 4.78 is 5.96. The number of benzene rings is 3. The fraction of sp³-hybridized carbons (Fsp3) is 0.185. The third-order valence-corrected chi connectivity index (χ3v) is 5.26. The molecule has 1 heterocycles. The quantitative estimate of drug-likeness (QED) is 0.558. The minimum atomic E-state index is -0.199. The van der Waals surface area contributed by atoms with Crippen molar-refractivity contribution < 1.29 is 14.3 Å². The SMILES string of the molecule is CCCNC(=O)c1ccc(/C=C2/Oc3ccccc3N(Cc3cccc(C)c3)C2=O)cc1. The first-order chi connectivity index (χ1) is 15.5. The van der Waals surface area contributed by atoms with Gasteiger partial charge >= 0.3 is 0 Å². The second-order valence-corrected chi connectivity index (χ2v) is 7.84. The highest BCUT2D eigenvalue weighted by molar-refractivity contribution is 6.09. The summed E-state index contributed by atoms with van der Waals surface area (Å²) in [5.41, 5.74) is 4.32. The number of aryl methyl sites for hydroxylation is 1. The zero-order chi connectivity index (χ0) is 22.5. The van der Waals surface area contributed by atoms with E-state index in [2.05, 4.69) is 11.4 Å². The van der Waals surface area contributed by atoms with Crippen LogP contribution in [-0.4, -0.2) is 18.4 Å². The van der Waals surface area contributed by atoms with E-state index in [0.29, 0.717) is 24.4 Å². The molecule has 0 unspecified atom stereocenters. The number of nitrogens with one attached hydrogen (secondary N) is 1. The first-order valence-corrected chi connectivity index (χ1v) is 10.8. The van der Waals surface area contributed by atoms with Crippen molar-refractivity contribution in [2.45, 2.75) is 26.8 Å². The fourth-order valence-electron chi connectivity index (χ4n) is 3.63. The standard InChI is InChI=1S/C27H26N2O3/c1-3-15-28-26(30)22-13-11-20(12-14-22)17-25-27(31)29(18-21-8-6-7-19(2)16-21)23-9-4-5-10-24(23)32-25/h4-14,16-17H,3,15,18H2,1-2H3,(H,28,30)/b25-17+. The Balaban J connectivity index is 1.61. The molecule has 4 rings (SSSR count). The van der Waals surface area contributed by atoms with E-state index in [9.17, 15) is 9.59 Å². The number of hydrogen-bond donors (Lipinski definition) is 1. The molecule has 3 aromatic rings. The van der Waals surface area contributed by atoms with Gasteiger partial charge < -0.3 is 10.1 Å². The van der Waals surface area contributed by atoms with E-state index in [-0.39, 0.29) is 17.6 Å². The molecular weight excluding hydrogens is 400 g/mol. The average Bonchev–Trinajstić information content (AvgIpc) is 2.80. The number of fused-ring (bicyclic) bond motifs is 1. The Morgan fingerprint density at radius 1 is 1.03 bits per heavy atom. The highest BCUT2D eigenvalue weighted by Crippen LogP contribution is 2.36. The van der Waals surface area contributed by atoms with Gasteiger partial charge in [-0.15, -0.1) is 0 Å². The molecule has 1 aliphatic rings. The van der Waals surface area contributed by atoms with Crippen molar-refractivity contribution in [3.63, 3.8) is 0 Å². The van der Waals surface area contributed by atoms with Gasteiger partial charge in [-0.25, -0.2) is 0 Å². The summed E-state index contributed by atoms with van der Waals surface area (Å²) >= 11 is 0. The van der Waals surface area contributed by atoms with Crippen LogP contribution < -0.4 is 15.0 Å². The largest absolute Gasteiger partial charge is 0.449 e. The van der Waals surface area contributed by atoms with Gasteiger partial charge in [0.15, 0.2) is 11.5 Å². The Hall–Kier alpha value is -3.86. The molecule has 0 radical (unpaired) electrons.